The van der Waals surface area contributed by atoms with Crippen molar-refractivity contribution in [3.8, 4) is 0 Å². The first-order valence-corrected chi connectivity index (χ1v) is 10.8. The Labute approximate surface area is 153 Å². The molecule has 0 saturated heterocycles. The van der Waals surface area contributed by atoms with Crippen molar-refractivity contribution in [1.29, 1.82) is 0 Å². The Hall–Kier alpha value is -2.19. The number of sulfonamides is 1. The van der Waals surface area contributed by atoms with Crippen LogP contribution in [-0.4, -0.2) is 35.8 Å². The quantitative estimate of drug-likeness (QED) is 0.589. The molecule has 1 aromatic carbocycles. The number of anilines is 1. The lowest BCUT2D eigenvalue weighted by Crippen LogP contribution is -2.23. The molecular weight excluding hydrogens is 350 g/mol. The lowest BCUT2D eigenvalue weighted by atomic mass is 10.2. The predicted molar refractivity (Wildman–Crippen MR) is 106 cm³/mol. The van der Waals surface area contributed by atoms with Crippen LogP contribution >= 0.6 is 0 Å². The number of nitrogens with one attached hydrogen (secondary N) is 1. The zero-order chi connectivity index (χ0) is 18.7. The zero-order valence-corrected chi connectivity index (χ0v) is 16.0. The monoisotopic (exact) mass is 375 g/mol. The Morgan fingerprint density at radius 1 is 1.19 bits per heavy atom. The molecule has 140 valence electrons. The number of aromatic nitrogens is 3. The van der Waals surface area contributed by atoms with Gasteiger partial charge in [0.25, 0.3) is 0 Å². The lowest BCUT2D eigenvalue weighted by Gasteiger charge is -2.11. The summed E-state index contributed by atoms with van der Waals surface area (Å²) in [5.74, 6) is 1.46. The van der Waals surface area contributed by atoms with Gasteiger partial charge in [-0.3, -0.25) is 0 Å². The number of nitrogens with zero attached hydrogens (tertiary/aromatic N) is 3. The van der Waals surface area contributed by atoms with Gasteiger partial charge in [0.1, 0.15) is 11.3 Å². The Bertz CT molecular complexity index is 1030. The number of hydrogen-bond donors (Lipinski definition) is 2. The molecule has 0 bridgehead atoms. The summed E-state index contributed by atoms with van der Waals surface area (Å²) in [6, 6.07) is 7.94. The van der Waals surface area contributed by atoms with Crippen LogP contribution in [0.3, 0.4) is 0 Å². The summed E-state index contributed by atoms with van der Waals surface area (Å²) in [4.78, 5) is 9.23. The maximum absolute atomic E-state index is 11.2. The lowest BCUT2D eigenvalue weighted by molar-refractivity contribution is 0.567. The molecule has 26 heavy (non-hydrogen) atoms. The Kier molecular flexibility index (Phi) is 5.43. The molecule has 8 heteroatoms. The van der Waals surface area contributed by atoms with Gasteiger partial charge in [-0.05, 0) is 25.3 Å². The van der Waals surface area contributed by atoms with E-state index in [9.17, 15) is 8.42 Å². The number of aryl methyl sites for hydroxylation is 2. The minimum absolute atomic E-state index is 0.443. The molecule has 0 saturated carbocycles. The van der Waals surface area contributed by atoms with Crippen LogP contribution in [0.5, 0.6) is 0 Å². The average Bonchev–Trinajstić information content (AvgIpc) is 2.93. The molecule has 0 fully saturated rings. The number of para-hydroxylation sites is 1. The number of imidazole rings is 1. The molecule has 0 unspecified atom stereocenters. The van der Waals surface area contributed by atoms with E-state index in [4.69, 9.17) is 10.7 Å². The van der Waals surface area contributed by atoms with Gasteiger partial charge in [-0.2, -0.15) is 0 Å². The third-order valence-electron chi connectivity index (χ3n) is 4.34. The van der Waals surface area contributed by atoms with E-state index in [0.29, 0.717) is 12.4 Å². The van der Waals surface area contributed by atoms with E-state index in [1.807, 2.05) is 24.3 Å². The van der Waals surface area contributed by atoms with Crippen molar-refractivity contribution in [2.24, 2.45) is 0 Å². The Morgan fingerprint density at radius 2 is 1.96 bits per heavy atom. The van der Waals surface area contributed by atoms with E-state index in [0.717, 1.165) is 60.0 Å². The molecule has 3 rings (SSSR count). The van der Waals surface area contributed by atoms with Crippen LogP contribution in [0.2, 0.25) is 0 Å². The van der Waals surface area contributed by atoms with Gasteiger partial charge >= 0.3 is 0 Å². The zero-order valence-electron chi connectivity index (χ0n) is 15.2. The predicted octanol–water partition coefficient (Wildman–Crippen LogP) is 2.45. The Balaban J connectivity index is 1.95. The van der Waals surface area contributed by atoms with E-state index < -0.39 is 10.0 Å². The SMILES string of the molecule is CCCc1nc2c(N)nc3ccccc3c2n1CCCCNS(C)(=O)=O. The number of fused-ring (bicyclic) bond motifs is 3. The van der Waals surface area contributed by atoms with E-state index in [1.165, 1.54) is 6.26 Å². The molecule has 0 amide bonds. The maximum atomic E-state index is 11.2. The van der Waals surface area contributed by atoms with Crippen LogP contribution in [0.1, 0.15) is 32.0 Å². The molecule has 0 aliphatic carbocycles. The van der Waals surface area contributed by atoms with Gasteiger partial charge in [0.2, 0.25) is 10.0 Å². The molecule has 3 N–H and O–H groups in total. The minimum Gasteiger partial charge on any atom is -0.382 e. The summed E-state index contributed by atoms with van der Waals surface area (Å²) in [5, 5.41) is 1.04. The summed E-state index contributed by atoms with van der Waals surface area (Å²) in [6.07, 6.45) is 4.64. The molecule has 3 aromatic rings. The fourth-order valence-electron chi connectivity index (χ4n) is 3.21. The highest BCUT2D eigenvalue weighted by molar-refractivity contribution is 7.88. The first kappa shape index (κ1) is 18.6. The van der Waals surface area contributed by atoms with E-state index in [2.05, 4.69) is 21.2 Å². The van der Waals surface area contributed by atoms with Gasteiger partial charge < -0.3 is 10.3 Å². The summed E-state index contributed by atoms with van der Waals surface area (Å²) in [7, 11) is -3.14. The van der Waals surface area contributed by atoms with Crippen molar-refractivity contribution in [3.05, 3.63) is 30.1 Å². The van der Waals surface area contributed by atoms with Crippen molar-refractivity contribution in [1.82, 2.24) is 19.3 Å². The smallest absolute Gasteiger partial charge is 0.208 e. The highest BCUT2D eigenvalue weighted by Gasteiger charge is 2.16. The average molecular weight is 375 g/mol. The third kappa shape index (κ3) is 3.96. The second-order valence-corrected chi connectivity index (χ2v) is 8.35. The number of unbranched alkanes of at least 4 members (excludes halogenated alkanes) is 1. The molecule has 0 atom stereocenters. The Morgan fingerprint density at radius 3 is 2.69 bits per heavy atom. The summed E-state index contributed by atoms with van der Waals surface area (Å²) >= 11 is 0. The number of benzene rings is 1. The number of hydrogen-bond acceptors (Lipinski definition) is 5. The van der Waals surface area contributed by atoms with Crippen molar-refractivity contribution >= 4 is 37.8 Å². The summed E-state index contributed by atoms with van der Waals surface area (Å²) in [6.45, 7) is 3.34. The normalized spacial score (nSPS) is 12.2. The molecule has 2 heterocycles. The fraction of sp³-hybridized carbons (Fsp3) is 0.444. The van der Waals surface area contributed by atoms with Crippen LogP contribution in [0.4, 0.5) is 5.82 Å². The van der Waals surface area contributed by atoms with Crippen LogP contribution < -0.4 is 10.5 Å². The van der Waals surface area contributed by atoms with Gasteiger partial charge in [-0.15, -0.1) is 0 Å². The van der Waals surface area contributed by atoms with Crippen LogP contribution in [0, 0.1) is 0 Å². The van der Waals surface area contributed by atoms with Crippen molar-refractivity contribution < 1.29 is 8.42 Å². The van der Waals surface area contributed by atoms with Gasteiger partial charge in [0.15, 0.2) is 5.82 Å². The first-order chi connectivity index (χ1) is 12.4. The molecule has 2 aromatic heterocycles. The maximum Gasteiger partial charge on any atom is 0.208 e. The van der Waals surface area contributed by atoms with Crippen LogP contribution in [0.15, 0.2) is 24.3 Å². The largest absolute Gasteiger partial charge is 0.382 e. The first-order valence-electron chi connectivity index (χ1n) is 8.88. The number of nitrogens with two attached hydrogens (primary N) is 1. The van der Waals surface area contributed by atoms with Gasteiger partial charge in [-0.1, -0.05) is 25.1 Å². The highest BCUT2D eigenvalue weighted by Crippen LogP contribution is 2.29. The third-order valence-corrected chi connectivity index (χ3v) is 5.06. The molecule has 7 nitrogen and oxygen atoms in total. The summed E-state index contributed by atoms with van der Waals surface area (Å²) in [5.41, 5.74) is 8.80. The second kappa shape index (κ2) is 7.59. The molecule has 0 spiro atoms. The standard InChI is InChI=1S/C18H25N5O2S/c1-3-8-15-22-16-17(13-9-4-5-10-14(13)21-18(16)19)23(15)12-7-6-11-20-26(2,24)25/h4-5,9-10,20H,3,6-8,11-12H2,1-2H3,(H2,19,21). The van der Waals surface area contributed by atoms with Gasteiger partial charge in [-0.25, -0.2) is 23.1 Å². The number of rotatable bonds is 8. The van der Waals surface area contributed by atoms with Gasteiger partial charge in [0, 0.05) is 24.9 Å². The van der Waals surface area contributed by atoms with Crippen LogP contribution in [0.25, 0.3) is 21.9 Å². The minimum atomic E-state index is -3.14. The van der Waals surface area contributed by atoms with E-state index in [1.54, 1.807) is 0 Å². The molecule has 0 aliphatic heterocycles. The number of pyridine rings is 1. The molecule has 0 aliphatic rings. The highest BCUT2D eigenvalue weighted by atomic mass is 32.2. The number of nitrogen functional groups attached to an aromatic ring is 1. The molecular formula is C18H25N5O2S. The van der Waals surface area contributed by atoms with Crippen molar-refractivity contribution in [2.75, 3.05) is 18.5 Å². The van der Waals surface area contributed by atoms with Crippen molar-refractivity contribution in [2.45, 2.75) is 39.2 Å². The van der Waals surface area contributed by atoms with Gasteiger partial charge in [0.05, 0.1) is 17.3 Å². The van der Waals surface area contributed by atoms with E-state index >= 15 is 0 Å². The molecule has 0 radical (unpaired) electrons. The summed E-state index contributed by atoms with van der Waals surface area (Å²) < 4.78 is 27.1. The van der Waals surface area contributed by atoms with Crippen LogP contribution in [-0.2, 0) is 23.0 Å². The van der Waals surface area contributed by atoms with E-state index in [-0.39, 0.29) is 0 Å². The topological polar surface area (TPSA) is 103 Å². The second-order valence-electron chi connectivity index (χ2n) is 6.51. The fourth-order valence-corrected chi connectivity index (χ4v) is 3.73. The van der Waals surface area contributed by atoms with Crippen molar-refractivity contribution in [3.63, 3.8) is 0 Å².